The third-order valence-corrected chi connectivity index (χ3v) is 2.24. The van der Waals surface area contributed by atoms with Gasteiger partial charge in [0.1, 0.15) is 0 Å². The van der Waals surface area contributed by atoms with Gasteiger partial charge < -0.3 is 10.6 Å². The summed E-state index contributed by atoms with van der Waals surface area (Å²) in [6.07, 6.45) is -4.50. The number of nitrogens with one attached hydrogen (secondary N) is 2. The van der Waals surface area contributed by atoms with Gasteiger partial charge >= 0.3 is 6.18 Å². The lowest BCUT2D eigenvalue weighted by atomic mass is 10.1. The third kappa shape index (κ3) is 4.61. The van der Waals surface area contributed by atoms with Crippen molar-refractivity contribution in [1.29, 1.82) is 0 Å². The van der Waals surface area contributed by atoms with Crippen LogP contribution in [0.4, 0.5) is 13.2 Å². The minimum atomic E-state index is -4.50. The smallest absolute Gasteiger partial charge is 0.355 e. The fourth-order valence-electron chi connectivity index (χ4n) is 1.36. The van der Waals surface area contributed by atoms with Gasteiger partial charge in [0.2, 0.25) is 5.91 Å². The number of halogens is 3. The zero-order valence-corrected chi connectivity index (χ0v) is 10.2. The van der Waals surface area contributed by atoms with Gasteiger partial charge in [0.05, 0.1) is 12.1 Å². The molecule has 0 saturated heterocycles. The molecule has 0 bridgehead atoms. The van der Waals surface area contributed by atoms with Crippen molar-refractivity contribution < 1.29 is 22.8 Å². The maximum atomic E-state index is 12.4. The molecule has 2 N–H and O–H groups in total. The number of benzene rings is 1. The number of rotatable bonds is 4. The predicted molar refractivity (Wildman–Crippen MR) is 62.5 cm³/mol. The van der Waals surface area contributed by atoms with E-state index in [9.17, 15) is 22.8 Å². The lowest BCUT2D eigenvalue weighted by Crippen LogP contribution is -2.36. The second-order valence-corrected chi connectivity index (χ2v) is 3.71. The fraction of sp³-hybridized carbons (Fsp3) is 0.333. The number of amides is 2. The van der Waals surface area contributed by atoms with Gasteiger partial charge in [0.25, 0.3) is 5.91 Å². The number of hydrogen-bond acceptors (Lipinski definition) is 2. The molecule has 4 nitrogen and oxygen atoms in total. The minimum absolute atomic E-state index is 0.140. The molecule has 0 aliphatic carbocycles. The van der Waals surface area contributed by atoms with Gasteiger partial charge in [-0.3, -0.25) is 9.59 Å². The number of carbonyl (C=O) groups excluding carboxylic acids is 2. The van der Waals surface area contributed by atoms with Crippen LogP contribution in [0.1, 0.15) is 22.8 Å². The summed E-state index contributed by atoms with van der Waals surface area (Å²) in [6, 6.07) is 4.01. The van der Waals surface area contributed by atoms with Gasteiger partial charge in [-0.1, -0.05) is 6.07 Å². The van der Waals surface area contributed by atoms with Crippen LogP contribution in [-0.2, 0) is 11.0 Å². The molecule has 0 atom stereocenters. The summed E-state index contributed by atoms with van der Waals surface area (Å²) in [5.41, 5.74) is -1.04. The van der Waals surface area contributed by atoms with E-state index in [2.05, 4.69) is 10.6 Å². The third-order valence-electron chi connectivity index (χ3n) is 2.24. The van der Waals surface area contributed by atoms with Gasteiger partial charge in [-0.2, -0.15) is 13.2 Å². The first-order valence-electron chi connectivity index (χ1n) is 5.56. The lowest BCUT2D eigenvalue weighted by Gasteiger charge is -2.09. The van der Waals surface area contributed by atoms with Crippen LogP contribution in [0.3, 0.4) is 0 Å². The lowest BCUT2D eigenvalue weighted by molar-refractivity contribution is -0.137. The van der Waals surface area contributed by atoms with E-state index >= 15 is 0 Å². The van der Waals surface area contributed by atoms with E-state index in [4.69, 9.17) is 0 Å². The molecule has 0 spiro atoms. The van der Waals surface area contributed by atoms with Crippen LogP contribution in [0.2, 0.25) is 0 Å². The van der Waals surface area contributed by atoms with E-state index < -0.39 is 23.6 Å². The molecule has 0 radical (unpaired) electrons. The van der Waals surface area contributed by atoms with Crippen LogP contribution in [0.5, 0.6) is 0 Å². The summed E-state index contributed by atoms with van der Waals surface area (Å²) in [5.74, 6) is -1.12. The molecule has 1 rings (SSSR count). The summed E-state index contributed by atoms with van der Waals surface area (Å²) in [5, 5.41) is 4.70. The monoisotopic (exact) mass is 274 g/mol. The Morgan fingerprint density at radius 2 is 1.89 bits per heavy atom. The van der Waals surface area contributed by atoms with Crippen LogP contribution in [-0.4, -0.2) is 24.9 Å². The molecule has 1 aromatic carbocycles. The van der Waals surface area contributed by atoms with E-state index in [0.29, 0.717) is 6.54 Å². The highest BCUT2D eigenvalue weighted by Crippen LogP contribution is 2.29. The molecule has 104 valence electrons. The Labute approximate surface area is 108 Å². The molecule has 0 fully saturated rings. The number of carbonyl (C=O) groups is 2. The summed E-state index contributed by atoms with van der Waals surface area (Å²) in [6.45, 7) is 1.85. The molecular weight excluding hydrogens is 261 g/mol. The van der Waals surface area contributed by atoms with Crippen molar-refractivity contribution in [3.8, 4) is 0 Å². The van der Waals surface area contributed by atoms with E-state index in [1.54, 1.807) is 6.92 Å². The standard InChI is InChI=1S/C12H13F3N2O2/c1-2-16-10(18)7-17-11(19)8-4-3-5-9(6-8)12(13,14)15/h3-6H,2,7H2,1H3,(H,16,18)(H,17,19). The summed E-state index contributed by atoms with van der Waals surface area (Å²) < 4.78 is 37.3. The van der Waals surface area contributed by atoms with Crippen molar-refractivity contribution in [2.24, 2.45) is 0 Å². The van der Waals surface area contributed by atoms with Crippen molar-refractivity contribution in [2.45, 2.75) is 13.1 Å². The first kappa shape index (κ1) is 15.0. The van der Waals surface area contributed by atoms with Crippen LogP contribution in [0.25, 0.3) is 0 Å². The number of hydrogen-bond donors (Lipinski definition) is 2. The Hall–Kier alpha value is -2.05. The average molecular weight is 274 g/mol. The van der Waals surface area contributed by atoms with Gasteiger partial charge in [0, 0.05) is 12.1 Å². The molecule has 0 aromatic heterocycles. The normalized spacial score (nSPS) is 10.9. The summed E-state index contributed by atoms with van der Waals surface area (Å²) in [4.78, 5) is 22.7. The summed E-state index contributed by atoms with van der Waals surface area (Å²) >= 11 is 0. The maximum Gasteiger partial charge on any atom is 0.416 e. The number of likely N-dealkylation sites (N-methyl/N-ethyl adjacent to an activating group) is 1. The van der Waals surface area contributed by atoms with Crippen LogP contribution < -0.4 is 10.6 Å². The molecular formula is C12H13F3N2O2. The first-order chi connectivity index (χ1) is 8.84. The molecule has 0 heterocycles. The van der Waals surface area contributed by atoms with Gasteiger partial charge in [-0.05, 0) is 25.1 Å². The van der Waals surface area contributed by atoms with Crippen LogP contribution in [0, 0.1) is 0 Å². The largest absolute Gasteiger partial charge is 0.416 e. The zero-order valence-electron chi connectivity index (χ0n) is 10.2. The molecule has 0 aliphatic heterocycles. The Morgan fingerprint density at radius 1 is 1.21 bits per heavy atom. The Balaban J connectivity index is 2.70. The predicted octanol–water partition coefficient (Wildman–Crippen LogP) is 1.57. The highest BCUT2D eigenvalue weighted by atomic mass is 19.4. The molecule has 0 saturated carbocycles. The highest BCUT2D eigenvalue weighted by Gasteiger charge is 2.30. The maximum absolute atomic E-state index is 12.4. The second-order valence-electron chi connectivity index (χ2n) is 3.71. The summed E-state index contributed by atoms with van der Waals surface area (Å²) in [7, 11) is 0. The van der Waals surface area contributed by atoms with E-state index in [0.717, 1.165) is 18.2 Å². The minimum Gasteiger partial charge on any atom is -0.355 e. The van der Waals surface area contributed by atoms with Crippen molar-refractivity contribution in [3.63, 3.8) is 0 Å². The quantitative estimate of drug-likeness (QED) is 0.875. The van der Waals surface area contributed by atoms with E-state index in [1.165, 1.54) is 6.07 Å². The van der Waals surface area contributed by atoms with Gasteiger partial charge in [-0.25, -0.2) is 0 Å². The van der Waals surface area contributed by atoms with Crippen molar-refractivity contribution in [3.05, 3.63) is 35.4 Å². The molecule has 0 aliphatic rings. The van der Waals surface area contributed by atoms with Crippen molar-refractivity contribution >= 4 is 11.8 Å². The molecule has 1 aromatic rings. The average Bonchev–Trinajstić information content (AvgIpc) is 2.35. The SMILES string of the molecule is CCNC(=O)CNC(=O)c1cccc(C(F)(F)F)c1. The Morgan fingerprint density at radius 3 is 2.47 bits per heavy atom. The zero-order chi connectivity index (χ0) is 14.5. The number of alkyl halides is 3. The van der Waals surface area contributed by atoms with E-state index in [1.807, 2.05) is 0 Å². The van der Waals surface area contributed by atoms with Crippen molar-refractivity contribution in [1.82, 2.24) is 10.6 Å². The van der Waals surface area contributed by atoms with Crippen molar-refractivity contribution in [2.75, 3.05) is 13.1 Å². The fourth-order valence-corrected chi connectivity index (χ4v) is 1.36. The van der Waals surface area contributed by atoms with Crippen LogP contribution >= 0.6 is 0 Å². The highest BCUT2D eigenvalue weighted by molar-refractivity contribution is 5.96. The second kappa shape index (κ2) is 6.21. The molecule has 19 heavy (non-hydrogen) atoms. The molecule has 7 heteroatoms. The van der Waals surface area contributed by atoms with E-state index in [-0.39, 0.29) is 12.1 Å². The Bertz CT molecular complexity index is 472. The topological polar surface area (TPSA) is 58.2 Å². The molecule has 2 amide bonds. The van der Waals surface area contributed by atoms with Crippen LogP contribution in [0.15, 0.2) is 24.3 Å². The van der Waals surface area contributed by atoms with Gasteiger partial charge in [0.15, 0.2) is 0 Å². The first-order valence-corrected chi connectivity index (χ1v) is 5.56. The Kier molecular flexibility index (Phi) is 4.91. The molecule has 0 unspecified atom stereocenters. The van der Waals surface area contributed by atoms with Gasteiger partial charge in [-0.15, -0.1) is 0 Å².